The zero-order valence-electron chi connectivity index (χ0n) is 2.63. The molecular formula is CH3Cl3Ti. The van der Waals surface area contributed by atoms with Gasteiger partial charge in [-0.1, -0.05) is 0 Å². The molecule has 0 aromatic carbocycles. The van der Waals surface area contributed by atoms with Crippen LogP contribution in [0.2, 0.25) is 0 Å². The molecule has 5 heavy (non-hydrogen) atoms. The third-order valence-electron chi connectivity index (χ3n) is 0. The minimum atomic E-state index is 0. The van der Waals surface area contributed by atoms with Crippen LogP contribution in [0.15, 0.2) is 0 Å². The van der Waals surface area contributed by atoms with E-state index in [9.17, 15) is 0 Å². The van der Waals surface area contributed by atoms with Gasteiger partial charge in [-0.3, -0.25) is 0 Å². The first-order chi connectivity index (χ1) is 0. The maximum atomic E-state index is 0. The van der Waals surface area contributed by atoms with E-state index in [2.05, 4.69) is 0 Å². The Hall–Kier alpha value is 1.58. The molecule has 0 bridgehead atoms. The summed E-state index contributed by atoms with van der Waals surface area (Å²) in [5.41, 5.74) is 0. The van der Waals surface area contributed by atoms with E-state index in [0.717, 1.165) is 0 Å². The molecule has 0 aromatic rings. The summed E-state index contributed by atoms with van der Waals surface area (Å²) in [6, 6.07) is 0. The Morgan fingerprint density at radius 2 is 0.600 bits per heavy atom. The number of hydrogen-bond donors (Lipinski definition) is 0. The van der Waals surface area contributed by atoms with Gasteiger partial charge in [-0.2, -0.15) is 0 Å². The van der Waals surface area contributed by atoms with Crippen LogP contribution in [0.3, 0.4) is 0 Å². The molecule has 0 N–H and O–H groups in total. The van der Waals surface area contributed by atoms with Crippen molar-refractivity contribution in [2.45, 2.75) is 0 Å². The Kier molecular flexibility index (Phi) is 765. The first kappa shape index (κ1) is 81.8. The van der Waals surface area contributed by atoms with E-state index in [0.29, 0.717) is 0 Å². The van der Waals surface area contributed by atoms with Gasteiger partial charge in [0.05, 0.1) is 0 Å². The van der Waals surface area contributed by atoms with Gasteiger partial charge in [-0.15, -0.1) is 0 Å². The average molecular weight is 169 g/mol. The van der Waals surface area contributed by atoms with Gasteiger partial charge in [-0.25, -0.2) is 0 Å². The van der Waals surface area contributed by atoms with Gasteiger partial charge in [0.15, 0.2) is 0 Å². The van der Waals surface area contributed by atoms with E-state index >= 15 is 0 Å². The predicted molar refractivity (Wildman–Crippen MR) is 6.41 cm³/mol. The Bertz CT molecular complexity index is 6.85. The van der Waals surface area contributed by atoms with Gasteiger partial charge in [-0.05, 0) is 0 Å². The second-order valence-electron chi connectivity index (χ2n) is 0. The summed E-state index contributed by atoms with van der Waals surface area (Å²) in [6.07, 6.45) is 0. The van der Waals surface area contributed by atoms with Crippen molar-refractivity contribution in [2.24, 2.45) is 0 Å². The van der Waals surface area contributed by atoms with Crippen molar-refractivity contribution >= 4 is 0 Å². The molecule has 32 valence electrons. The van der Waals surface area contributed by atoms with Crippen LogP contribution < -0.4 is 37.2 Å². The Balaban J connectivity index is 0. The van der Waals surface area contributed by atoms with E-state index in [1.165, 1.54) is 0 Å². The topological polar surface area (TPSA) is 0 Å². The zero-order valence-corrected chi connectivity index (χ0v) is 6.46. The number of rotatable bonds is 0. The summed E-state index contributed by atoms with van der Waals surface area (Å²) < 4.78 is 0. The maximum absolute atomic E-state index is 0. The van der Waals surface area contributed by atoms with Gasteiger partial charge < -0.3 is 44.6 Å². The minimum Gasteiger partial charge on any atom is -1.00 e. The van der Waals surface area contributed by atoms with Crippen LogP contribution in [0.4, 0.5) is 0 Å². The quantitative estimate of drug-likeness (QED) is 0.250. The fourth-order valence-corrected chi connectivity index (χ4v) is 0. The van der Waals surface area contributed by atoms with Crippen molar-refractivity contribution in [3.05, 3.63) is 7.43 Å². The van der Waals surface area contributed by atoms with E-state index in [1.54, 1.807) is 0 Å². The summed E-state index contributed by atoms with van der Waals surface area (Å²) in [4.78, 5) is 0. The molecule has 0 atom stereocenters. The average Bonchev–Trinajstić information content (AvgIpc) is 0. The van der Waals surface area contributed by atoms with Crippen LogP contribution in [0, 0.1) is 7.43 Å². The van der Waals surface area contributed by atoms with E-state index in [1.807, 2.05) is 0 Å². The molecule has 0 aromatic heterocycles. The molecule has 0 aliphatic heterocycles. The SMILES string of the molecule is [CH3-].[Cl-].[Cl-].[Cl-].[Ti+4]. The van der Waals surface area contributed by atoms with Crippen LogP contribution in [0.5, 0.6) is 0 Å². The second-order valence-corrected chi connectivity index (χ2v) is 0. The van der Waals surface area contributed by atoms with Crippen molar-refractivity contribution in [3.63, 3.8) is 0 Å². The Morgan fingerprint density at radius 3 is 0.600 bits per heavy atom. The van der Waals surface area contributed by atoms with Gasteiger partial charge in [0.25, 0.3) is 0 Å². The molecule has 0 nitrogen and oxygen atoms in total. The van der Waals surface area contributed by atoms with Crippen LogP contribution in [-0.2, 0) is 21.7 Å². The molecule has 0 radical (unpaired) electrons. The Morgan fingerprint density at radius 1 is 0.600 bits per heavy atom. The van der Waals surface area contributed by atoms with Gasteiger partial charge >= 0.3 is 21.7 Å². The van der Waals surface area contributed by atoms with Crippen LogP contribution >= 0.6 is 0 Å². The normalized spacial score (nSPS) is 0. The van der Waals surface area contributed by atoms with Gasteiger partial charge in [0.2, 0.25) is 0 Å². The third kappa shape index (κ3) is 28.6. The summed E-state index contributed by atoms with van der Waals surface area (Å²) in [5.74, 6) is 0. The molecule has 4 heteroatoms. The van der Waals surface area contributed by atoms with Crippen molar-refractivity contribution in [2.75, 3.05) is 0 Å². The number of hydrogen-bond acceptors (Lipinski definition) is 0. The molecule has 0 unspecified atom stereocenters. The zero-order chi connectivity index (χ0) is 0. The van der Waals surface area contributed by atoms with Gasteiger partial charge in [0.1, 0.15) is 0 Å². The summed E-state index contributed by atoms with van der Waals surface area (Å²) in [5, 5.41) is 0. The third-order valence-corrected chi connectivity index (χ3v) is 0. The van der Waals surface area contributed by atoms with Crippen LogP contribution in [-0.4, -0.2) is 0 Å². The first-order valence-corrected chi connectivity index (χ1v) is 0. The minimum absolute atomic E-state index is 0. The molecule has 0 spiro atoms. The summed E-state index contributed by atoms with van der Waals surface area (Å²) in [6.45, 7) is 0. The van der Waals surface area contributed by atoms with Crippen LogP contribution in [0.25, 0.3) is 0 Å². The predicted octanol–water partition coefficient (Wildman–Crippen LogP) is -8.54. The largest absolute Gasteiger partial charge is 4.00 e. The standard InChI is InChI=1S/CH3.3ClH.Ti/h1H3;3*1H;/q-1;;;;+4/p-3. The molecule has 0 rings (SSSR count). The van der Waals surface area contributed by atoms with E-state index in [-0.39, 0.29) is 66.4 Å². The van der Waals surface area contributed by atoms with E-state index < -0.39 is 0 Å². The molecule has 0 heterocycles. The van der Waals surface area contributed by atoms with Crippen molar-refractivity contribution in [1.29, 1.82) is 0 Å². The molecule has 0 aliphatic carbocycles. The first-order valence-electron chi connectivity index (χ1n) is 0. The fraction of sp³-hybridized carbons (Fsp3) is 0. The van der Waals surface area contributed by atoms with Crippen molar-refractivity contribution < 1.29 is 58.9 Å². The summed E-state index contributed by atoms with van der Waals surface area (Å²) >= 11 is 0. The Labute approximate surface area is 66.2 Å². The molecule has 0 amide bonds. The van der Waals surface area contributed by atoms with Gasteiger partial charge in [0, 0.05) is 0 Å². The fourth-order valence-electron chi connectivity index (χ4n) is 0. The van der Waals surface area contributed by atoms with Crippen LogP contribution in [0.1, 0.15) is 0 Å². The van der Waals surface area contributed by atoms with Crippen molar-refractivity contribution in [1.82, 2.24) is 0 Å². The molecule has 0 aliphatic rings. The molecular weight excluding hydrogens is 166 g/mol. The second kappa shape index (κ2) is 46.8. The smallest absolute Gasteiger partial charge is 1.00 e. The van der Waals surface area contributed by atoms with Crippen molar-refractivity contribution in [3.8, 4) is 0 Å². The monoisotopic (exact) mass is 168 g/mol. The summed E-state index contributed by atoms with van der Waals surface area (Å²) in [7, 11) is 0. The van der Waals surface area contributed by atoms with E-state index in [4.69, 9.17) is 0 Å². The number of halogens is 3. The molecule has 0 saturated carbocycles. The molecule has 0 saturated heterocycles. The maximum Gasteiger partial charge on any atom is 4.00 e. The molecule has 0 fully saturated rings.